The van der Waals surface area contributed by atoms with Gasteiger partial charge in [-0.3, -0.25) is 9.59 Å². The van der Waals surface area contributed by atoms with Crippen LogP contribution in [0.4, 0.5) is 0 Å². The average molecular weight is 399 g/mol. The number of hydrogen-bond donors (Lipinski definition) is 2. The highest BCUT2D eigenvalue weighted by molar-refractivity contribution is 5.96. The van der Waals surface area contributed by atoms with Crippen molar-refractivity contribution in [2.24, 2.45) is 5.73 Å². The largest absolute Gasteiger partial charge is 0.400 e. The number of Topliss-reactive ketones (excluding diaryl/α,β-unsaturated/α-hetero) is 1. The van der Waals surface area contributed by atoms with Crippen molar-refractivity contribution in [2.75, 3.05) is 0 Å². The monoisotopic (exact) mass is 398 g/mol. The summed E-state index contributed by atoms with van der Waals surface area (Å²) in [6.45, 7) is 0. The van der Waals surface area contributed by atoms with Crippen LogP contribution in [0.15, 0.2) is 102 Å². The first kappa shape index (κ1) is 21.1. The average Bonchev–Trinajstić information content (AvgIpc) is 2.78. The standard InChI is InChI=1S/C26H26N2O2/c27-23-12-8-9-13-24(23)28-26(30)15-7-2-1-6-14-25(29)22-18-16-21(17-19-22)20-10-4-3-5-11-20/h1-5,7,9-11,13,15-19H,6,8,12,14,27H2,(H,28,30)/b2-1+,15-7+. The number of carbonyl (C=O) groups excluding carboxylic acids is 2. The summed E-state index contributed by atoms with van der Waals surface area (Å²) in [7, 11) is 0. The molecular weight excluding hydrogens is 372 g/mol. The van der Waals surface area contributed by atoms with Crippen molar-refractivity contribution in [1.82, 2.24) is 5.32 Å². The van der Waals surface area contributed by atoms with Crippen LogP contribution in [0, 0.1) is 0 Å². The molecule has 0 aliphatic heterocycles. The molecule has 0 aromatic heterocycles. The van der Waals surface area contributed by atoms with E-state index in [-0.39, 0.29) is 11.7 Å². The van der Waals surface area contributed by atoms with Crippen molar-refractivity contribution in [3.05, 3.63) is 108 Å². The lowest BCUT2D eigenvalue weighted by Gasteiger charge is -2.11. The summed E-state index contributed by atoms with van der Waals surface area (Å²) >= 11 is 0. The normalized spacial score (nSPS) is 13.9. The summed E-state index contributed by atoms with van der Waals surface area (Å²) in [5.74, 6) is -0.119. The van der Waals surface area contributed by atoms with Crippen molar-refractivity contribution >= 4 is 11.7 Å². The van der Waals surface area contributed by atoms with E-state index >= 15 is 0 Å². The number of carbonyl (C=O) groups is 2. The van der Waals surface area contributed by atoms with Crippen LogP contribution in [0.5, 0.6) is 0 Å². The third-order valence-corrected chi connectivity index (χ3v) is 4.82. The number of amides is 1. The molecule has 0 saturated heterocycles. The van der Waals surface area contributed by atoms with Gasteiger partial charge in [0.25, 0.3) is 0 Å². The zero-order valence-electron chi connectivity index (χ0n) is 16.9. The van der Waals surface area contributed by atoms with Crippen molar-refractivity contribution < 1.29 is 9.59 Å². The molecule has 0 unspecified atom stereocenters. The van der Waals surface area contributed by atoms with Crippen LogP contribution >= 0.6 is 0 Å². The Morgan fingerprint density at radius 1 is 0.967 bits per heavy atom. The van der Waals surface area contributed by atoms with Crippen molar-refractivity contribution in [3.63, 3.8) is 0 Å². The minimum absolute atomic E-state index is 0.104. The summed E-state index contributed by atoms with van der Waals surface area (Å²) < 4.78 is 0. The Balaban J connectivity index is 1.42. The van der Waals surface area contributed by atoms with Gasteiger partial charge in [0.1, 0.15) is 0 Å². The van der Waals surface area contributed by atoms with Crippen LogP contribution in [-0.4, -0.2) is 11.7 Å². The molecule has 1 amide bonds. The van der Waals surface area contributed by atoms with Crippen LogP contribution in [0.25, 0.3) is 11.1 Å². The molecule has 0 atom stereocenters. The molecule has 2 aromatic rings. The van der Waals surface area contributed by atoms with Gasteiger partial charge in [-0.25, -0.2) is 0 Å². The highest BCUT2D eigenvalue weighted by Crippen LogP contribution is 2.20. The molecule has 4 nitrogen and oxygen atoms in total. The van der Waals surface area contributed by atoms with E-state index in [0.29, 0.717) is 29.8 Å². The van der Waals surface area contributed by atoms with Crippen molar-refractivity contribution in [3.8, 4) is 11.1 Å². The van der Waals surface area contributed by atoms with E-state index in [9.17, 15) is 9.59 Å². The van der Waals surface area contributed by atoms with E-state index in [1.807, 2.05) is 72.8 Å². The van der Waals surface area contributed by atoms with Gasteiger partial charge in [-0.15, -0.1) is 0 Å². The molecule has 1 aliphatic carbocycles. The molecule has 0 spiro atoms. The van der Waals surface area contributed by atoms with Crippen LogP contribution in [0.2, 0.25) is 0 Å². The van der Waals surface area contributed by atoms with Gasteiger partial charge in [0, 0.05) is 23.8 Å². The zero-order valence-corrected chi connectivity index (χ0v) is 16.9. The third-order valence-electron chi connectivity index (χ3n) is 4.82. The van der Waals surface area contributed by atoms with Gasteiger partial charge in [-0.1, -0.05) is 78.9 Å². The Kier molecular flexibility index (Phi) is 7.56. The Morgan fingerprint density at radius 2 is 1.70 bits per heavy atom. The molecule has 0 heterocycles. The SMILES string of the molecule is NC1=C(NC(=O)/C=C/C=C/CCC(=O)c2ccc(-c3ccccc3)cc2)C=CCC1. The topological polar surface area (TPSA) is 72.2 Å². The fourth-order valence-corrected chi connectivity index (χ4v) is 3.13. The van der Waals surface area contributed by atoms with Crippen LogP contribution in [-0.2, 0) is 4.79 Å². The Morgan fingerprint density at radius 3 is 2.43 bits per heavy atom. The summed E-state index contributed by atoms with van der Waals surface area (Å²) in [6.07, 6.45) is 13.3. The van der Waals surface area contributed by atoms with E-state index < -0.39 is 0 Å². The van der Waals surface area contributed by atoms with Gasteiger partial charge in [-0.2, -0.15) is 0 Å². The van der Waals surface area contributed by atoms with Gasteiger partial charge < -0.3 is 11.1 Å². The van der Waals surface area contributed by atoms with E-state index in [2.05, 4.69) is 5.32 Å². The number of rotatable bonds is 8. The predicted octanol–water partition coefficient (Wildman–Crippen LogP) is 5.07. The van der Waals surface area contributed by atoms with Crippen LogP contribution in [0.1, 0.15) is 36.0 Å². The van der Waals surface area contributed by atoms with Crippen molar-refractivity contribution in [2.45, 2.75) is 25.7 Å². The second-order valence-corrected chi connectivity index (χ2v) is 7.06. The first-order chi connectivity index (χ1) is 14.6. The molecule has 1 aliphatic rings. The number of ketones is 1. The number of benzene rings is 2. The van der Waals surface area contributed by atoms with E-state index in [1.54, 1.807) is 12.2 Å². The number of nitrogens with one attached hydrogen (secondary N) is 1. The van der Waals surface area contributed by atoms with Gasteiger partial charge >= 0.3 is 0 Å². The lowest BCUT2D eigenvalue weighted by molar-refractivity contribution is -0.115. The van der Waals surface area contributed by atoms with Gasteiger partial charge in [0.2, 0.25) is 5.91 Å². The smallest absolute Gasteiger partial charge is 0.248 e. The molecule has 0 saturated carbocycles. The lowest BCUT2D eigenvalue weighted by Crippen LogP contribution is -2.23. The summed E-state index contributed by atoms with van der Waals surface area (Å²) in [6, 6.07) is 17.8. The first-order valence-corrected chi connectivity index (χ1v) is 10.1. The maximum atomic E-state index is 12.3. The number of hydrogen-bond acceptors (Lipinski definition) is 3. The van der Waals surface area contributed by atoms with Gasteiger partial charge in [-0.05, 0) is 36.5 Å². The lowest BCUT2D eigenvalue weighted by atomic mass is 10.0. The van der Waals surface area contributed by atoms with Crippen LogP contribution in [0.3, 0.4) is 0 Å². The third kappa shape index (κ3) is 6.17. The zero-order chi connectivity index (χ0) is 21.2. The van der Waals surface area contributed by atoms with Gasteiger partial charge in [0.05, 0.1) is 5.70 Å². The van der Waals surface area contributed by atoms with E-state index in [1.165, 1.54) is 6.08 Å². The molecule has 30 heavy (non-hydrogen) atoms. The molecule has 0 radical (unpaired) electrons. The second-order valence-electron chi connectivity index (χ2n) is 7.06. The molecule has 4 heteroatoms. The number of nitrogens with two attached hydrogens (primary N) is 1. The first-order valence-electron chi connectivity index (χ1n) is 10.1. The summed E-state index contributed by atoms with van der Waals surface area (Å²) in [5.41, 5.74) is 10.2. The minimum Gasteiger partial charge on any atom is -0.400 e. The number of allylic oxidation sites excluding steroid dienone is 6. The predicted molar refractivity (Wildman–Crippen MR) is 121 cm³/mol. The van der Waals surface area contributed by atoms with Gasteiger partial charge in [0.15, 0.2) is 5.78 Å². The molecule has 152 valence electrons. The highest BCUT2D eigenvalue weighted by Gasteiger charge is 2.07. The maximum Gasteiger partial charge on any atom is 0.248 e. The molecule has 3 N–H and O–H groups in total. The molecule has 2 aromatic carbocycles. The van der Waals surface area contributed by atoms with E-state index in [4.69, 9.17) is 5.73 Å². The minimum atomic E-state index is -0.223. The maximum absolute atomic E-state index is 12.3. The van der Waals surface area contributed by atoms with Crippen LogP contribution < -0.4 is 11.1 Å². The Bertz CT molecular complexity index is 997. The fourth-order valence-electron chi connectivity index (χ4n) is 3.13. The summed E-state index contributed by atoms with van der Waals surface area (Å²) in [5, 5.41) is 2.77. The van der Waals surface area contributed by atoms with Crippen molar-refractivity contribution in [1.29, 1.82) is 0 Å². The fraction of sp³-hybridized carbons (Fsp3) is 0.154. The Hall–Kier alpha value is -3.66. The molecule has 0 fully saturated rings. The molecule has 3 rings (SSSR count). The second kappa shape index (κ2) is 10.8. The molecule has 0 bridgehead atoms. The highest BCUT2D eigenvalue weighted by atomic mass is 16.1. The van der Waals surface area contributed by atoms with E-state index in [0.717, 1.165) is 24.0 Å². The summed E-state index contributed by atoms with van der Waals surface area (Å²) in [4.78, 5) is 24.2. The Labute approximate surface area is 177 Å². The quantitative estimate of drug-likeness (QED) is 0.371. The molecular formula is C26H26N2O2.